The number of benzene rings is 3. The van der Waals surface area contributed by atoms with E-state index >= 15 is 0 Å². The highest BCUT2D eigenvalue weighted by Gasteiger charge is 2.16. The first-order valence-electron chi connectivity index (χ1n) is 9.80. The molecule has 29 heavy (non-hydrogen) atoms. The van der Waals surface area contributed by atoms with Gasteiger partial charge >= 0.3 is 0 Å². The molecule has 0 bridgehead atoms. The van der Waals surface area contributed by atoms with Gasteiger partial charge in [-0.3, -0.25) is 9.59 Å². The number of aryl methyl sites for hydroxylation is 2. The first-order valence-corrected chi connectivity index (χ1v) is 9.80. The molecule has 3 aromatic rings. The van der Waals surface area contributed by atoms with Crippen molar-refractivity contribution in [2.75, 3.05) is 11.9 Å². The summed E-state index contributed by atoms with van der Waals surface area (Å²) in [5, 5.41) is 2.98. The lowest BCUT2D eigenvalue weighted by atomic mass is 10.1. The van der Waals surface area contributed by atoms with Crippen LogP contribution in [0.1, 0.15) is 44.3 Å². The zero-order chi connectivity index (χ0) is 20.8. The normalized spacial score (nSPS) is 10.4. The number of para-hydroxylation sites is 1. The Morgan fingerprint density at radius 2 is 1.38 bits per heavy atom. The van der Waals surface area contributed by atoms with Crippen molar-refractivity contribution >= 4 is 17.5 Å². The Kier molecular flexibility index (Phi) is 6.45. The maximum Gasteiger partial charge on any atom is 0.255 e. The van der Waals surface area contributed by atoms with Crippen LogP contribution in [0.25, 0.3) is 0 Å². The predicted molar refractivity (Wildman–Crippen MR) is 117 cm³/mol. The molecule has 3 rings (SSSR count). The molecule has 0 radical (unpaired) electrons. The van der Waals surface area contributed by atoms with Crippen molar-refractivity contribution in [1.82, 2.24) is 4.90 Å². The minimum absolute atomic E-state index is 0.0435. The van der Waals surface area contributed by atoms with Crippen LogP contribution in [-0.4, -0.2) is 23.3 Å². The van der Waals surface area contributed by atoms with E-state index in [1.165, 1.54) is 0 Å². The van der Waals surface area contributed by atoms with Crippen LogP contribution in [0.3, 0.4) is 0 Å². The number of amides is 2. The Bertz CT molecular complexity index is 975. The minimum atomic E-state index is -0.182. The van der Waals surface area contributed by atoms with Crippen molar-refractivity contribution in [1.29, 1.82) is 0 Å². The maximum atomic E-state index is 12.9. The molecule has 4 heteroatoms. The molecule has 0 saturated heterocycles. The molecule has 0 aliphatic heterocycles. The van der Waals surface area contributed by atoms with Gasteiger partial charge in [0.2, 0.25) is 0 Å². The molecule has 0 spiro atoms. The lowest BCUT2D eigenvalue weighted by Crippen LogP contribution is -2.30. The fourth-order valence-corrected chi connectivity index (χ4v) is 3.28. The Morgan fingerprint density at radius 3 is 1.97 bits per heavy atom. The van der Waals surface area contributed by atoms with Crippen LogP contribution in [0.4, 0.5) is 5.69 Å². The van der Waals surface area contributed by atoms with Gasteiger partial charge in [0.05, 0.1) is 0 Å². The Labute approximate surface area is 172 Å². The van der Waals surface area contributed by atoms with Crippen molar-refractivity contribution < 1.29 is 9.59 Å². The van der Waals surface area contributed by atoms with Gasteiger partial charge in [-0.15, -0.1) is 0 Å². The van der Waals surface area contributed by atoms with Crippen molar-refractivity contribution in [2.24, 2.45) is 0 Å². The van der Waals surface area contributed by atoms with Crippen molar-refractivity contribution in [3.05, 3.63) is 101 Å². The summed E-state index contributed by atoms with van der Waals surface area (Å²) in [5.41, 5.74) is 5.06. The zero-order valence-electron chi connectivity index (χ0n) is 17.1. The molecule has 0 aromatic heterocycles. The van der Waals surface area contributed by atoms with Gasteiger partial charge in [-0.2, -0.15) is 0 Å². The lowest BCUT2D eigenvalue weighted by Gasteiger charge is -2.21. The molecule has 2 amide bonds. The van der Waals surface area contributed by atoms with Crippen LogP contribution in [0, 0.1) is 13.8 Å². The van der Waals surface area contributed by atoms with E-state index < -0.39 is 0 Å². The second kappa shape index (κ2) is 9.20. The third kappa shape index (κ3) is 4.91. The van der Waals surface area contributed by atoms with Gasteiger partial charge in [-0.1, -0.05) is 48.5 Å². The summed E-state index contributed by atoms with van der Waals surface area (Å²) in [6.45, 7) is 7.08. The third-order valence-corrected chi connectivity index (χ3v) is 5.00. The number of nitrogens with one attached hydrogen (secondary N) is 1. The largest absolute Gasteiger partial charge is 0.335 e. The molecule has 0 heterocycles. The lowest BCUT2D eigenvalue weighted by molar-refractivity contribution is 0.0752. The van der Waals surface area contributed by atoms with Gasteiger partial charge in [0, 0.05) is 29.9 Å². The van der Waals surface area contributed by atoms with Crippen molar-refractivity contribution in [2.45, 2.75) is 27.3 Å². The summed E-state index contributed by atoms with van der Waals surface area (Å²) in [6.07, 6.45) is 0. The van der Waals surface area contributed by atoms with Gasteiger partial charge in [0.15, 0.2) is 0 Å². The standard InChI is InChI=1S/C25H26N2O2/c1-4-27(17-20-11-6-5-7-12-20)25(29)22-15-13-21(14-16-22)24(28)26-23-18(2)9-8-10-19(23)3/h5-16H,4,17H2,1-3H3,(H,26,28). The number of rotatable bonds is 6. The van der Waals surface area contributed by atoms with Crippen LogP contribution in [0.2, 0.25) is 0 Å². The van der Waals surface area contributed by atoms with Gasteiger partial charge in [0.1, 0.15) is 0 Å². The summed E-state index contributed by atoms with van der Waals surface area (Å²) < 4.78 is 0. The number of carbonyl (C=O) groups is 2. The molecular weight excluding hydrogens is 360 g/mol. The van der Waals surface area contributed by atoms with E-state index in [-0.39, 0.29) is 11.8 Å². The van der Waals surface area contributed by atoms with E-state index in [1.807, 2.05) is 69.3 Å². The Morgan fingerprint density at radius 1 is 0.793 bits per heavy atom. The summed E-state index contributed by atoms with van der Waals surface area (Å²) in [4.78, 5) is 27.3. The van der Waals surface area contributed by atoms with Gasteiger partial charge in [-0.05, 0) is 61.7 Å². The molecule has 148 valence electrons. The highest BCUT2D eigenvalue weighted by molar-refractivity contribution is 6.05. The zero-order valence-corrected chi connectivity index (χ0v) is 17.1. The molecule has 0 aliphatic carbocycles. The first-order chi connectivity index (χ1) is 14.0. The van der Waals surface area contributed by atoms with Gasteiger partial charge < -0.3 is 10.2 Å². The molecule has 3 aromatic carbocycles. The molecule has 1 N–H and O–H groups in total. The second-order valence-electron chi connectivity index (χ2n) is 7.10. The second-order valence-corrected chi connectivity index (χ2v) is 7.10. The summed E-state index contributed by atoms with van der Waals surface area (Å²) in [5.74, 6) is -0.226. The van der Waals surface area contributed by atoms with Gasteiger partial charge in [-0.25, -0.2) is 0 Å². The average Bonchev–Trinajstić information content (AvgIpc) is 2.75. The molecular formula is C25H26N2O2. The molecule has 0 unspecified atom stereocenters. The summed E-state index contributed by atoms with van der Waals surface area (Å²) in [6, 6.07) is 22.7. The van der Waals surface area contributed by atoms with E-state index in [4.69, 9.17) is 0 Å². The molecule has 0 aliphatic rings. The number of hydrogen-bond acceptors (Lipinski definition) is 2. The van der Waals surface area contributed by atoms with Crippen molar-refractivity contribution in [3.8, 4) is 0 Å². The molecule has 0 saturated carbocycles. The van der Waals surface area contributed by atoms with Crippen molar-refractivity contribution in [3.63, 3.8) is 0 Å². The van der Waals surface area contributed by atoms with Gasteiger partial charge in [0.25, 0.3) is 11.8 Å². The topological polar surface area (TPSA) is 49.4 Å². The van der Waals surface area contributed by atoms with Crippen LogP contribution < -0.4 is 5.32 Å². The Hall–Kier alpha value is -3.40. The molecule has 0 atom stereocenters. The number of hydrogen-bond donors (Lipinski definition) is 1. The molecule has 0 fully saturated rings. The van der Waals surface area contributed by atoms with Crippen LogP contribution in [-0.2, 0) is 6.54 Å². The van der Waals surface area contributed by atoms with E-state index in [0.29, 0.717) is 24.2 Å². The van der Waals surface area contributed by atoms with E-state index in [1.54, 1.807) is 29.2 Å². The first kappa shape index (κ1) is 20.3. The smallest absolute Gasteiger partial charge is 0.255 e. The third-order valence-electron chi connectivity index (χ3n) is 5.00. The number of anilines is 1. The van der Waals surface area contributed by atoms with Crippen LogP contribution in [0.15, 0.2) is 72.8 Å². The quantitative estimate of drug-likeness (QED) is 0.631. The predicted octanol–water partition coefficient (Wildman–Crippen LogP) is 5.22. The van der Waals surface area contributed by atoms with Crippen LogP contribution in [0.5, 0.6) is 0 Å². The monoisotopic (exact) mass is 386 g/mol. The van der Waals surface area contributed by atoms with Crippen LogP contribution >= 0.6 is 0 Å². The highest BCUT2D eigenvalue weighted by Crippen LogP contribution is 2.20. The number of nitrogens with zero attached hydrogens (tertiary/aromatic N) is 1. The summed E-state index contributed by atoms with van der Waals surface area (Å²) >= 11 is 0. The fourth-order valence-electron chi connectivity index (χ4n) is 3.28. The minimum Gasteiger partial charge on any atom is -0.335 e. The number of carbonyl (C=O) groups excluding carboxylic acids is 2. The summed E-state index contributed by atoms with van der Waals surface area (Å²) in [7, 11) is 0. The average molecular weight is 386 g/mol. The highest BCUT2D eigenvalue weighted by atomic mass is 16.2. The maximum absolute atomic E-state index is 12.9. The van der Waals surface area contributed by atoms with E-state index in [0.717, 1.165) is 22.4 Å². The molecule has 4 nitrogen and oxygen atoms in total. The SMILES string of the molecule is CCN(Cc1ccccc1)C(=O)c1ccc(C(=O)Nc2c(C)cccc2C)cc1. The van der Waals surface area contributed by atoms with E-state index in [9.17, 15) is 9.59 Å². The fraction of sp³-hybridized carbons (Fsp3) is 0.200. The Balaban J connectivity index is 1.71. The van der Waals surface area contributed by atoms with E-state index in [2.05, 4.69) is 5.32 Å².